The van der Waals surface area contributed by atoms with Gasteiger partial charge in [-0.05, 0) is 48.4 Å². The first kappa shape index (κ1) is 14.0. The fraction of sp³-hybridized carbons (Fsp3) is 0.111. The summed E-state index contributed by atoms with van der Waals surface area (Å²) in [6, 6.07) is 13.5. The van der Waals surface area contributed by atoms with Crippen molar-refractivity contribution < 1.29 is 4.79 Å². The molecule has 0 bridgehead atoms. The lowest BCUT2D eigenvalue weighted by molar-refractivity contribution is 0.0946. The van der Waals surface area contributed by atoms with Crippen molar-refractivity contribution in [3.05, 3.63) is 71.0 Å². The maximum atomic E-state index is 12.0. The number of rotatable bonds is 2. The van der Waals surface area contributed by atoms with E-state index in [1.165, 1.54) is 0 Å². The highest BCUT2D eigenvalue weighted by Gasteiger charge is 2.18. The SMILES string of the molecule is O=C1NCCc2ccc(-n3ccnc3-c3ccc(Cl)cc3)cc21. The molecule has 0 saturated heterocycles. The summed E-state index contributed by atoms with van der Waals surface area (Å²) in [5.41, 5.74) is 3.72. The number of imidazole rings is 1. The predicted molar refractivity (Wildman–Crippen MR) is 90.0 cm³/mol. The van der Waals surface area contributed by atoms with Crippen LogP contribution in [0.3, 0.4) is 0 Å². The van der Waals surface area contributed by atoms with Crippen molar-refractivity contribution in [1.82, 2.24) is 14.9 Å². The van der Waals surface area contributed by atoms with Gasteiger partial charge in [0.05, 0.1) is 0 Å². The van der Waals surface area contributed by atoms with Crippen molar-refractivity contribution >= 4 is 17.5 Å². The minimum Gasteiger partial charge on any atom is -0.352 e. The summed E-state index contributed by atoms with van der Waals surface area (Å²) in [6.45, 7) is 0.701. The van der Waals surface area contributed by atoms with E-state index in [9.17, 15) is 4.79 Å². The molecule has 0 radical (unpaired) electrons. The Labute approximate surface area is 138 Å². The number of amides is 1. The highest BCUT2D eigenvalue weighted by atomic mass is 35.5. The lowest BCUT2D eigenvalue weighted by Gasteiger charge is -2.18. The summed E-state index contributed by atoms with van der Waals surface area (Å²) in [6.07, 6.45) is 4.52. The number of halogens is 1. The van der Waals surface area contributed by atoms with E-state index in [0.29, 0.717) is 11.6 Å². The van der Waals surface area contributed by atoms with Gasteiger partial charge in [-0.1, -0.05) is 17.7 Å². The van der Waals surface area contributed by atoms with Crippen LogP contribution in [0.15, 0.2) is 54.9 Å². The van der Waals surface area contributed by atoms with Crippen LogP contribution in [0.5, 0.6) is 0 Å². The van der Waals surface area contributed by atoms with E-state index in [0.717, 1.165) is 34.6 Å². The number of benzene rings is 2. The number of hydrogen-bond donors (Lipinski definition) is 1. The van der Waals surface area contributed by atoms with Crippen molar-refractivity contribution in [1.29, 1.82) is 0 Å². The van der Waals surface area contributed by atoms with Crippen LogP contribution in [0.1, 0.15) is 15.9 Å². The summed E-state index contributed by atoms with van der Waals surface area (Å²) < 4.78 is 1.98. The van der Waals surface area contributed by atoms with Gasteiger partial charge in [0, 0.05) is 40.8 Å². The van der Waals surface area contributed by atoms with Gasteiger partial charge in [0.2, 0.25) is 0 Å². The lowest BCUT2D eigenvalue weighted by atomic mass is 9.99. The number of carbonyl (C=O) groups is 1. The molecule has 0 fully saturated rings. The minimum atomic E-state index is -0.0127. The molecule has 1 aliphatic heterocycles. The van der Waals surface area contributed by atoms with E-state index in [1.807, 2.05) is 53.2 Å². The summed E-state index contributed by atoms with van der Waals surface area (Å²) in [7, 11) is 0. The van der Waals surface area contributed by atoms with Gasteiger partial charge in [0.25, 0.3) is 5.91 Å². The van der Waals surface area contributed by atoms with Crippen LogP contribution in [0.25, 0.3) is 17.1 Å². The molecule has 0 atom stereocenters. The van der Waals surface area contributed by atoms with Crippen LogP contribution in [0.2, 0.25) is 5.02 Å². The van der Waals surface area contributed by atoms with Crippen molar-refractivity contribution in [2.75, 3.05) is 6.54 Å². The second-order valence-electron chi connectivity index (χ2n) is 5.48. The van der Waals surface area contributed by atoms with Crippen molar-refractivity contribution in [2.45, 2.75) is 6.42 Å². The second-order valence-corrected chi connectivity index (χ2v) is 5.91. The standard InChI is InChI=1S/C18H14ClN3O/c19-14-4-1-13(2-5-14)17-20-9-10-22(17)15-6-3-12-7-8-21-18(23)16(12)11-15/h1-6,9-11H,7-8H2,(H,21,23). The zero-order chi connectivity index (χ0) is 15.8. The summed E-state index contributed by atoms with van der Waals surface area (Å²) >= 11 is 5.95. The Morgan fingerprint density at radius 2 is 1.96 bits per heavy atom. The van der Waals surface area contributed by atoms with E-state index >= 15 is 0 Å². The fourth-order valence-electron chi connectivity index (χ4n) is 2.87. The molecular weight excluding hydrogens is 310 g/mol. The number of hydrogen-bond acceptors (Lipinski definition) is 2. The lowest BCUT2D eigenvalue weighted by Crippen LogP contribution is -2.31. The molecule has 0 saturated carbocycles. The molecule has 4 rings (SSSR count). The maximum Gasteiger partial charge on any atom is 0.251 e. The first-order valence-electron chi connectivity index (χ1n) is 7.43. The molecule has 1 amide bonds. The Morgan fingerprint density at radius 3 is 2.78 bits per heavy atom. The molecule has 1 aliphatic rings. The van der Waals surface area contributed by atoms with Gasteiger partial charge in [-0.25, -0.2) is 4.98 Å². The molecule has 3 aromatic rings. The molecule has 5 heteroatoms. The molecule has 2 heterocycles. The van der Waals surface area contributed by atoms with Crippen molar-refractivity contribution in [2.24, 2.45) is 0 Å². The molecule has 2 aromatic carbocycles. The van der Waals surface area contributed by atoms with E-state index in [1.54, 1.807) is 6.20 Å². The second kappa shape index (κ2) is 5.56. The van der Waals surface area contributed by atoms with Crippen LogP contribution >= 0.6 is 11.6 Å². The van der Waals surface area contributed by atoms with Gasteiger partial charge in [-0.3, -0.25) is 9.36 Å². The number of carbonyl (C=O) groups excluding carboxylic acids is 1. The third-order valence-electron chi connectivity index (χ3n) is 4.04. The third kappa shape index (κ3) is 2.51. The first-order chi connectivity index (χ1) is 11.2. The average Bonchev–Trinajstić information content (AvgIpc) is 3.05. The predicted octanol–water partition coefficient (Wildman–Crippen LogP) is 3.48. The van der Waals surface area contributed by atoms with E-state index in [-0.39, 0.29) is 5.91 Å². The minimum absolute atomic E-state index is 0.0127. The molecule has 1 N–H and O–H groups in total. The Bertz CT molecular complexity index is 884. The highest BCUT2D eigenvalue weighted by molar-refractivity contribution is 6.30. The number of fused-ring (bicyclic) bond motifs is 1. The Balaban J connectivity index is 1.80. The van der Waals surface area contributed by atoms with Gasteiger partial charge < -0.3 is 5.32 Å². The molecule has 0 unspecified atom stereocenters. The van der Waals surface area contributed by atoms with E-state index < -0.39 is 0 Å². The number of aromatic nitrogens is 2. The quantitative estimate of drug-likeness (QED) is 0.785. The van der Waals surface area contributed by atoms with Crippen LogP contribution in [-0.4, -0.2) is 22.0 Å². The van der Waals surface area contributed by atoms with Crippen molar-refractivity contribution in [3.63, 3.8) is 0 Å². The van der Waals surface area contributed by atoms with Gasteiger partial charge in [-0.2, -0.15) is 0 Å². The zero-order valence-electron chi connectivity index (χ0n) is 12.3. The molecule has 23 heavy (non-hydrogen) atoms. The van der Waals surface area contributed by atoms with E-state index in [4.69, 9.17) is 11.6 Å². The summed E-state index contributed by atoms with van der Waals surface area (Å²) in [5.74, 6) is 0.805. The molecule has 4 nitrogen and oxygen atoms in total. The van der Waals surface area contributed by atoms with Crippen LogP contribution < -0.4 is 5.32 Å². The Hall–Kier alpha value is -2.59. The van der Waals surface area contributed by atoms with Crippen LogP contribution in [-0.2, 0) is 6.42 Å². The fourth-order valence-corrected chi connectivity index (χ4v) is 3.00. The van der Waals surface area contributed by atoms with Crippen LogP contribution in [0, 0.1) is 0 Å². The molecule has 1 aromatic heterocycles. The monoisotopic (exact) mass is 323 g/mol. The average molecular weight is 324 g/mol. The molecule has 0 spiro atoms. The Kier molecular flexibility index (Phi) is 3.39. The van der Waals surface area contributed by atoms with Gasteiger partial charge >= 0.3 is 0 Å². The Morgan fingerprint density at radius 1 is 1.13 bits per heavy atom. The topological polar surface area (TPSA) is 46.9 Å². The van der Waals surface area contributed by atoms with Gasteiger partial charge in [-0.15, -0.1) is 0 Å². The van der Waals surface area contributed by atoms with Crippen LogP contribution in [0.4, 0.5) is 0 Å². The summed E-state index contributed by atoms with van der Waals surface area (Å²) in [5, 5.41) is 3.58. The molecule has 114 valence electrons. The molecule has 0 aliphatic carbocycles. The van der Waals surface area contributed by atoms with E-state index in [2.05, 4.69) is 10.3 Å². The highest BCUT2D eigenvalue weighted by Crippen LogP contribution is 2.25. The normalized spacial score (nSPS) is 13.5. The van der Waals surface area contributed by atoms with Gasteiger partial charge in [0.15, 0.2) is 0 Å². The summed E-state index contributed by atoms with van der Waals surface area (Å²) in [4.78, 5) is 16.5. The van der Waals surface area contributed by atoms with Gasteiger partial charge in [0.1, 0.15) is 5.82 Å². The number of nitrogens with zero attached hydrogens (tertiary/aromatic N) is 2. The van der Waals surface area contributed by atoms with Crippen molar-refractivity contribution in [3.8, 4) is 17.1 Å². The third-order valence-corrected chi connectivity index (χ3v) is 4.29. The number of nitrogens with one attached hydrogen (secondary N) is 1. The first-order valence-corrected chi connectivity index (χ1v) is 7.81. The largest absolute Gasteiger partial charge is 0.352 e. The zero-order valence-corrected chi connectivity index (χ0v) is 13.0. The smallest absolute Gasteiger partial charge is 0.251 e. The molecular formula is C18H14ClN3O. The maximum absolute atomic E-state index is 12.0.